The molecule has 0 radical (unpaired) electrons. The van der Waals surface area contributed by atoms with E-state index < -0.39 is 11.4 Å². The molecule has 30 heavy (non-hydrogen) atoms. The van der Waals surface area contributed by atoms with Crippen molar-refractivity contribution in [2.24, 2.45) is 46.3 Å². The van der Waals surface area contributed by atoms with E-state index in [1.54, 1.807) is 0 Å². The second-order valence-electron chi connectivity index (χ2n) is 13.3. The van der Waals surface area contributed by atoms with E-state index in [-0.39, 0.29) is 0 Å². The van der Waals surface area contributed by atoms with Gasteiger partial charge in [0.25, 0.3) is 0 Å². The number of aliphatic hydroxyl groups is 1. The second kappa shape index (κ2) is 6.48. The Bertz CT molecular complexity index is 692. The van der Waals surface area contributed by atoms with Crippen molar-refractivity contribution in [2.45, 2.75) is 116 Å². The quantitative estimate of drug-likeness (QED) is 0.531. The van der Waals surface area contributed by atoms with Crippen molar-refractivity contribution in [3.63, 3.8) is 0 Å². The highest BCUT2D eigenvalue weighted by Gasteiger charge is 2.69. The minimum absolute atomic E-state index is 0.369. The van der Waals surface area contributed by atoms with Gasteiger partial charge in [0.1, 0.15) is 0 Å². The third-order valence-corrected chi connectivity index (χ3v) is 11.9. The van der Waals surface area contributed by atoms with Crippen molar-refractivity contribution < 1.29 is 14.6 Å². The van der Waals surface area contributed by atoms with Crippen LogP contribution < -0.4 is 0 Å². The lowest BCUT2D eigenvalue weighted by Gasteiger charge is -2.61. The fourth-order valence-corrected chi connectivity index (χ4v) is 10.3. The summed E-state index contributed by atoms with van der Waals surface area (Å²) in [7, 11) is 0. The highest BCUT2D eigenvalue weighted by atomic mass is 16.7. The lowest BCUT2D eigenvalue weighted by Crippen LogP contribution is -2.55. The van der Waals surface area contributed by atoms with E-state index in [9.17, 15) is 5.11 Å². The molecule has 1 unspecified atom stereocenters. The fourth-order valence-electron chi connectivity index (χ4n) is 10.3. The van der Waals surface area contributed by atoms with Gasteiger partial charge in [-0.15, -0.1) is 0 Å². The SMILES string of the molecule is C[C@H]1[C@H]2[C@H](C[C@H]3[C@@H]4CCC5CCCC[C@]5(C)[C@H]4CC[C@]23C)O[C@]12CC[C@@](C)(O)CO2. The van der Waals surface area contributed by atoms with Crippen molar-refractivity contribution in [1.29, 1.82) is 0 Å². The minimum atomic E-state index is -0.690. The van der Waals surface area contributed by atoms with E-state index in [1.807, 2.05) is 6.92 Å². The Hall–Kier alpha value is -0.120. The molecule has 2 heterocycles. The number of hydrogen-bond donors (Lipinski definition) is 1. The molecule has 0 aromatic rings. The van der Waals surface area contributed by atoms with Gasteiger partial charge in [0.05, 0.1) is 18.3 Å². The van der Waals surface area contributed by atoms with Gasteiger partial charge >= 0.3 is 0 Å². The Morgan fingerprint density at radius 1 is 0.833 bits per heavy atom. The Balaban J connectivity index is 1.26. The Kier molecular flexibility index (Phi) is 4.42. The molecular weight excluding hydrogens is 372 g/mol. The van der Waals surface area contributed by atoms with Gasteiger partial charge < -0.3 is 14.6 Å². The van der Waals surface area contributed by atoms with Gasteiger partial charge in [-0.3, -0.25) is 0 Å². The van der Waals surface area contributed by atoms with Gasteiger partial charge in [-0.25, -0.2) is 0 Å². The Morgan fingerprint density at radius 2 is 1.67 bits per heavy atom. The molecule has 6 rings (SSSR count). The molecule has 4 saturated carbocycles. The van der Waals surface area contributed by atoms with E-state index >= 15 is 0 Å². The van der Waals surface area contributed by atoms with Crippen molar-refractivity contribution >= 4 is 0 Å². The maximum atomic E-state index is 10.4. The summed E-state index contributed by atoms with van der Waals surface area (Å²) in [5.41, 5.74) is 0.340. The van der Waals surface area contributed by atoms with Gasteiger partial charge in [-0.05, 0) is 98.7 Å². The van der Waals surface area contributed by atoms with Crippen molar-refractivity contribution in [2.75, 3.05) is 6.61 Å². The van der Waals surface area contributed by atoms with Crippen LogP contribution in [-0.2, 0) is 9.47 Å². The van der Waals surface area contributed by atoms with Gasteiger partial charge in [-0.1, -0.05) is 33.6 Å². The molecule has 1 spiro atoms. The summed E-state index contributed by atoms with van der Waals surface area (Å²) in [4.78, 5) is 0. The molecule has 4 aliphatic carbocycles. The molecule has 6 fully saturated rings. The zero-order valence-corrected chi connectivity index (χ0v) is 19.8. The summed E-state index contributed by atoms with van der Waals surface area (Å²) in [6, 6.07) is 0. The molecule has 6 aliphatic rings. The van der Waals surface area contributed by atoms with Crippen molar-refractivity contribution in [1.82, 2.24) is 0 Å². The van der Waals surface area contributed by atoms with E-state index in [2.05, 4.69) is 20.8 Å². The van der Waals surface area contributed by atoms with Crippen LogP contribution in [0.2, 0.25) is 0 Å². The minimum Gasteiger partial charge on any atom is -0.388 e. The van der Waals surface area contributed by atoms with Gasteiger partial charge in [-0.2, -0.15) is 0 Å². The van der Waals surface area contributed by atoms with Crippen LogP contribution in [0, 0.1) is 46.3 Å². The molecule has 170 valence electrons. The maximum Gasteiger partial charge on any atom is 0.171 e. The smallest absolute Gasteiger partial charge is 0.171 e. The zero-order chi connectivity index (χ0) is 20.9. The highest BCUT2D eigenvalue weighted by molar-refractivity contribution is 5.15. The normalized spacial score (nSPS) is 62.5. The van der Waals surface area contributed by atoms with E-state index in [0.717, 1.165) is 36.5 Å². The van der Waals surface area contributed by atoms with Crippen molar-refractivity contribution in [3.8, 4) is 0 Å². The number of hydrogen-bond acceptors (Lipinski definition) is 3. The largest absolute Gasteiger partial charge is 0.388 e. The average Bonchev–Trinajstić information content (AvgIpc) is 3.15. The molecule has 2 saturated heterocycles. The molecule has 0 aromatic heterocycles. The van der Waals surface area contributed by atoms with Crippen molar-refractivity contribution in [3.05, 3.63) is 0 Å². The first-order valence-corrected chi connectivity index (χ1v) is 13.2. The molecule has 0 bridgehead atoms. The van der Waals surface area contributed by atoms with Crippen LogP contribution in [0.15, 0.2) is 0 Å². The Labute approximate surface area is 183 Å². The number of rotatable bonds is 0. The molecule has 2 aliphatic heterocycles. The first kappa shape index (κ1) is 20.5. The Morgan fingerprint density at radius 3 is 2.43 bits per heavy atom. The summed E-state index contributed by atoms with van der Waals surface area (Å²) in [6.45, 7) is 10.0. The average molecular weight is 417 g/mol. The summed E-state index contributed by atoms with van der Waals surface area (Å²) >= 11 is 0. The second-order valence-corrected chi connectivity index (χ2v) is 13.3. The molecule has 11 atom stereocenters. The zero-order valence-electron chi connectivity index (χ0n) is 19.8. The fraction of sp³-hybridized carbons (Fsp3) is 1.00. The molecule has 3 nitrogen and oxygen atoms in total. The summed E-state index contributed by atoms with van der Waals surface area (Å²) in [6.07, 6.45) is 15.0. The van der Waals surface area contributed by atoms with Crippen LogP contribution in [0.4, 0.5) is 0 Å². The highest BCUT2D eigenvalue weighted by Crippen LogP contribution is 2.71. The summed E-state index contributed by atoms with van der Waals surface area (Å²) in [5.74, 6) is 4.36. The van der Waals surface area contributed by atoms with E-state index in [1.165, 1.54) is 57.8 Å². The first-order valence-electron chi connectivity index (χ1n) is 13.2. The molecular formula is C27H44O3. The van der Waals surface area contributed by atoms with Gasteiger partial charge in [0.15, 0.2) is 5.79 Å². The van der Waals surface area contributed by atoms with Crippen LogP contribution in [0.25, 0.3) is 0 Å². The number of fused-ring (bicyclic) bond motifs is 7. The molecule has 0 amide bonds. The van der Waals surface area contributed by atoms with Gasteiger partial charge in [0, 0.05) is 12.3 Å². The van der Waals surface area contributed by atoms with Crippen LogP contribution in [0.5, 0.6) is 0 Å². The van der Waals surface area contributed by atoms with Gasteiger partial charge in [0.2, 0.25) is 0 Å². The topological polar surface area (TPSA) is 38.7 Å². The maximum absolute atomic E-state index is 10.4. The first-order chi connectivity index (χ1) is 14.2. The predicted octanol–water partition coefficient (Wildman–Crippen LogP) is 5.94. The lowest BCUT2D eigenvalue weighted by atomic mass is 9.44. The molecule has 1 N–H and O–H groups in total. The van der Waals surface area contributed by atoms with E-state index in [4.69, 9.17) is 9.47 Å². The molecule has 0 aromatic carbocycles. The third kappa shape index (κ3) is 2.61. The van der Waals surface area contributed by atoms with Crippen LogP contribution in [0.1, 0.15) is 98.3 Å². The summed E-state index contributed by atoms with van der Waals surface area (Å²) < 4.78 is 13.2. The predicted molar refractivity (Wildman–Crippen MR) is 118 cm³/mol. The summed E-state index contributed by atoms with van der Waals surface area (Å²) in [5, 5.41) is 10.4. The van der Waals surface area contributed by atoms with Crippen LogP contribution >= 0.6 is 0 Å². The molecule has 3 heteroatoms. The number of ether oxygens (including phenoxy) is 2. The standard InChI is InChI=1S/C27H44O3/c1-17-23-22(30-27(17)14-13-24(2,28)16-29-27)15-21-19-9-8-18-7-5-6-11-25(18,3)20(19)10-12-26(21,23)4/h17-23,28H,5-16H2,1-4H3/t17-,18?,19+,20-,21-,22-,23-,24+,25-,26-,27+/m0/s1. The van der Waals surface area contributed by atoms with Crippen LogP contribution in [0.3, 0.4) is 0 Å². The third-order valence-electron chi connectivity index (χ3n) is 11.9. The monoisotopic (exact) mass is 416 g/mol. The van der Waals surface area contributed by atoms with E-state index in [0.29, 0.717) is 35.4 Å². The lowest BCUT2D eigenvalue weighted by molar-refractivity contribution is -0.294. The van der Waals surface area contributed by atoms with Crippen LogP contribution in [-0.4, -0.2) is 29.2 Å².